The lowest BCUT2D eigenvalue weighted by Crippen LogP contribution is -2.25. The Morgan fingerprint density at radius 2 is 2.17 bits per heavy atom. The molecule has 1 rings (SSSR count). The van der Waals surface area contributed by atoms with E-state index in [4.69, 9.17) is 21.3 Å². The number of aliphatic hydroxyl groups excluding tert-OH is 1. The summed E-state index contributed by atoms with van der Waals surface area (Å²) in [5.41, 5.74) is 12.5. The first kappa shape index (κ1) is 14.3. The molecule has 1 amide bonds. The Hall–Kier alpha value is -1.79. The monoisotopic (exact) mass is 253 g/mol. The Morgan fingerprint density at radius 1 is 1.44 bits per heavy atom. The number of carbonyl (C=O) groups is 1. The second-order valence-electron chi connectivity index (χ2n) is 3.86. The van der Waals surface area contributed by atoms with Crippen LogP contribution in [0.2, 0.25) is 0 Å². The van der Waals surface area contributed by atoms with Crippen LogP contribution in [0, 0.1) is 0 Å². The zero-order chi connectivity index (χ0) is 13.5. The standard InChI is InChI=1S/C12H19N3O3/c1-15(5-7-18-8-6-16)10-4-2-3-9(11(10)13)12(14)17/h2-4,16H,5-8,13H2,1H3,(H2,14,17). The third-order valence-corrected chi connectivity index (χ3v) is 2.57. The topological polar surface area (TPSA) is 102 Å². The second-order valence-corrected chi connectivity index (χ2v) is 3.86. The molecule has 6 heteroatoms. The maximum atomic E-state index is 11.2. The predicted octanol–water partition coefficient (Wildman–Crippen LogP) is -0.187. The number of para-hydroxylation sites is 1. The Morgan fingerprint density at radius 3 is 2.78 bits per heavy atom. The molecule has 0 aliphatic heterocycles. The zero-order valence-corrected chi connectivity index (χ0v) is 10.4. The van der Waals surface area contributed by atoms with E-state index in [9.17, 15) is 4.79 Å². The number of likely N-dealkylation sites (N-methyl/N-ethyl adjacent to an activating group) is 1. The average Bonchev–Trinajstić information content (AvgIpc) is 2.34. The van der Waals surface area contributed by atoms with Gasteiger partial charge in [0.2, 0.25) is 0 Å². The number of nitrogens with two attached hydrogens (primary N) is 2. The van der Waals surface area contributed by atoms with E-state index in [1.165, 1.54) is 0 Å². The molecule has 5 N–H and O–H groups in total. The van der Waals surface area contributed by atoms with Crippen molar-refractivity contribution in [1.29, 1.82) is 0 Å². The summed E-state index contributed by atoms with van der Waals surface area (Å²) in [5.74, 6) is -0.542. The van der Waals surface area contributed by atoms with E-state index in [0.29, 0.717) is 31.0 Å². The molecule has 6 nitrogen and oxygen atoms in total. The van der Waals surface area contributed by atoms with Crippen molar-refractivity contribution in [2.45, 2.75) is 0 Å². The summed E-state index contributed by atoms with van der Waals surface area (Å²) in [4.78, 5) is 13.0. The first-order valence-electron chi connectivity index (χ1n) is 5.66. The van der Waals surface area contributed by atoms with Crippen LogP contribution < -0.4 is 16.4 Å². The molecule has 0 spiro atoms. The van der Waals surface area contributed by atoms with E-state index in [1.807, 2.05) is 18.0 Å². The van der Waals surface area contributed by atoms with E-state index in [0.717, 1.165) is 5.69 Å². The molecular formula is C12H19N3O3. The molecule has 0 aliphatic carbocycles. The lowest BCUT2D eigenvalue weighted by Gasteiger charge is -2.21. The number of ether oxygens (including phenoxy) is 1. The van der Waals surface area contributed by atoms with Gasteiger partial charge in [0.05, 0.1) is 36.8 Å². The molecule has 0 saturated heterocycles. The lowest BCUT2D eigenvalue weighted by atomic mass is 10.1. The smallest absolute Gasteiger partial charge is 0.250 e. The van der Waals surface area contributed by atoms with Crippen molar-refractivity contribution in [2.75, 3.05) is 44.0 Å². The molecule has 0 fully saturated rings. The van der Waals surface area contributed by atoms with Crippen LogP contribution in [0.4, 0.5) is 11.4 Å². The highest BCUT2D eigenvalue weighted by atomic mass is 16.5. The number of nitrogen functional groups attached to an aromatic ring is 1. The highest BCUT2D eigenvalue weighted by molar-refractivity contribution is 6.00. The number of hydrogen-bond donors (Lipinski definition) is 3. The summed E-state index contributed by atoms with van der Waals surface area (Å²) in [6.45, 7) is 1.39. The highest BCUT2D eigenvalue weighted by Gasteiger charge is 2.12. The van der Waals surface area contributed by atoms with Gasteiger partial charge in [0.15, 0.2) is 0 Å². The molecule has 1 aromatic carbocycles. The van der Waals surface area contributed by atoms with Crippen LogP contribution in [0.25, 0.3) is 0 Å². The number of anilines is 2. The summed E-state index contributed by atoms with van der Waals surface area (Å²) in [6, 6.07) is 5.14. The van der Waals surface area contributed by atoms with E-state index >= 15 is 0 Å². The summed E-state index contributed by atoms with van der Waals surface area (Å²) in [7, 11) is 1.85. The first-order chi connectivity index (χ1) is 8.57. The lowest BCUT2D eigenvalue weighted by molar-refractivity contribution is 0.0971. The van der Waals surface area contributed by atoms with Crippen LogP contribution >= 0.6 is 0 Å². The van der Waals surface area contributed by atoms with Crippen molar-refractivity contribution in [3.63, 3.8) is 0 Å². The van der Waals surface area contributed by atoms with Crippen LogP contribution in [0.15, 0.2) is 18.2 Å². The molecule has 0 unspecified atom stereocenters. The fraction of sp³-hybridized carbons (Fsp3) is 0.417. The van der Waals surface area contributed by atoms with Gasteiger partial charge in [-0.3, -0.25) is 4.79 Å². The zero-order valence-electron chi connectivity index (χ0n) is 10.4. The van der Waals surface area contributed by atoms with Gasteiger partial charge >= 0.3 is 0 Å². The Bertz CT molecular complexity index is 410. The molecule has 0 saturated carbocycles. The second kappa shape index (κ2) is 6.83. The van der Waals surface area contributed by atoms with Crippen molar-refractivity contribution in [2.24, 2.45) is 5.73 Å². The minimum Gasteiger partial charge on any atom is -0.396 e. The summed E-state index contributed by atoms with van der Waals surface area (Å²) in [6.07, 6.45) is 0. The van der Waals surface area contributed by atoms with Crippen LogP contribution in [0.5, 0.6) is 0 Å². The van der Waals surface area contributed by atoms with Crippen molar-refractivity contribution in [1.82, 2.24) is 0 Å². The van der Waals surface area contributed by atoms with Crippen LogP contribution in [0.3, 0.4) is 0 Å². The fourth-order valence-corrected chi connectivity index (χ4v) is 1.59. The van der Waals surface area contributed by atoms with E-state index in [1.54, 1.807) is 12.1 Å². The molecular weight excluding hydrogens is 234 g/mol. The Kier molecular flexibility index (Phi) is 5.41. The van der Waals surface area contributed by atoms with E-state index in [2.05, 4.69) is 0 Å². The SMILES string of the molecule is CN(CCOCCO)c1cccc(C(N)=O)c1N. The number of nitrogens with zero attached hydrogens (tertiary/aromatic N) is 1. The van der Waals surface area contributed by atoms with Gasteiger partial charge in [-0.1, -0.05) is 6.07 Å². The number of benzene rings is 1. The molecule has 0 radical (unpaired) electrons. The molecule has 0 aromatic heterocycles. The number of hydrogen-bond acceptors (Lipinski definition) is 5. The normalized spacial score (nSPS) is 10.3. The maximum absolute atomic E-state index is 11.2. The number of aliphatic hydroxyl groups is 1. The predicted molar refractivity (Wildman–Crippen MR) is 70.5 cm³/mol. The average molecular weight is 253 g/mol. The van der Waals surface area contributed by atoms with Gasteiger partial charge in [0.1, 0.15) is 0 Å². The molecule has 0 atom stereocenters. The number of amides is 1. The number of primary amides is 1. The summed E-state index contributed by atoms with van der Waals surface area (Å²) < 4.78 is 5.17. The van der Waals surface area contributed by atoms with Gasteiger partial charge in [0, 0.05) is 13.6 Å². The van der Waals surface area contributed by atoms with E-state index < -0.39 is 5.91 Å². The van der Waals surface area contributed by atoms with Gasteiger partial charge < -0.3 is 26.2 Å². The third kappa shape index (κ3) is 3.61. The molecule has 18 heavy (non-hydrogen) atoms. The quantitative estimate of drug-likeness (QED) is 0.462. The van der Waals surface area contributed by atoms with Gasteiger partial charge in [0.25, 0.3) is 5.91 Å². The Balaban J connectivity index is 2.70. The molecule has 0 aliphatic rings. The van der Waals surface area contributed by atoms with Crippen LogP contribution in [-0.2, 0) is 4.74 Å². The van der Waals surface area contributed by atoms with Gasteiger partial charge in [-0.15, -0.1) is 0 Å². The molecule has 100 valence electrons. The van der Waals surface area contributed by atoms with Crippen LogP contribution in [0.1, 0.15) is 10.4 Å². The minimum atomic E-state index is -0.542. The fourth-order valence-electron chi connectivity index (χ4n) is 1.59. The molecule has 1 aromatic rings. The van der Waals surface area contributed by atoms with E-state index in [-0.39, 0.29) is 6.61 Å². The maximum Gasteiger partial charge on any atom is 0.250 e. The summed E-state index contributed by atoms with van der Waals surface area (Å²) >= 11 is 0. The van der Waals surface area contributed by atoms with Crippen LogP contribution in [-0.4, -0.2) is 44.4 Å². The molecule has 0 heterocycles. The van der Waals surface area contributed by atoms with Crippen molar-refractivity contribution < 1.29 is 14.6 Å². The van der Waals surface area contributed by atoms with Gasteiger partial charge in [-0.25, -0.2) is 0 Å². The Labute approximate surface area is 106 Å². The van der Waals surface area contributed by atoms with Crippen molar-refractivity contribution in [3.05, 3.63) is 23.8 Å². The van der Waals surface area contributed by atoms with Crippen molar-refractivity contribution >= 4 is 17.3 Å². The minimum absolute atomic E-state index is 0.00299. The van der Waals surface area contributed by atoms with Gasteiger partial charge in [-0.2, -0.15) is 0 Å². The van der Waals surface area contributed by atoms with Gasteiger partial charge in [-0.05, 0) is 12.1 Å². The first-order valence-corrected chi connectivity index (χ1v) is 5.66. The third-order valence-electron chi connectivity index (χ3n) is 2.57. The number of rotatable bonds is 7. The van der Waals surface area contributed by atoms with Crippen molar-refractivity contribution in [3.8, 4) is 0 Å². The number of carbonyl (C=O) groups excluding carboxylic acids is 1. The summed E-state index contributed by atoms with van der Waals surface area (Å²) in [5, 5.41) is 8.58. The highest BCUT2D eigenvalue weighted by Crippen LogP contribution is 2.25. The largest absolute Gasteiger partial charge is 0.396 e. The molecule has 0 bridgehead atoms.